The van der Waals surface area contributed by atoms with Crippen LogP contribution in [-0.2, 0) is 4.74 Å². The Morgan fingerprint density at radius 2 is 2.00 bits per heavy atom. The Morgan fingerprint density at radius 3 is 2.61 bits per heavy atom. The maximum absolute atomic E-state index is 12.2. The van der Waals surface area contributed by atoms with Crippen molar-refractivity contribution in [2.45, 2.75) is 31.8 Å². The number of aromatic nitrogens is 2. The van der Waals surface area contributed by atoms with Crippen LogP contribution in [0.2, 0.25) is 0 Å². The number of rotatable bonds is 5. The van der Waals surface area contributed by atoms with Gasteiger partial charge in [-0.3, -0.25) is 14.2 Å². The molecule has 1 aromatic carbocycles. The van der Waals surface area contributed by atoms with Gasteiger partial charge in [0.1, 0.15) is 18.1 Å². The SMILES string of the molecule is CC(=O)c1ccc(C(=O)NCC#Cc2cn([C@H]3C[C@H](O)[C@@H](CO)O3)c(=O)nc2N)cc1. The minimum absolute atomic E-state index is 0.0110. The molecule has 5 N–H and O–H groups in total. The molecule has 0 unspecified atom stereocenters. The number of ether oxygens (including phenoxy) is 1. The molecule has 1 amide bonds. The number of carbonyl (C=O) groups excluding carboxylic acids is 2. The minimum atomic E-state index is -0.909. The number of benzene rings is 1. The van der Waals surface area contributed by atoms with Crippen LogP contribution in [0.1, 0.15) is 45.9 Å². The highest BCUT2D eigenvalue weighted by atomic mass is 16.5. The van der Waals surface area contributed by atoms with Crippen LogP contribution >= 0.6 is 0 Å². The maximum Gasteiger partial charge on any atom is 0.351 e. The summed E-state index contributed by atoms with van der Waals surface area (Å²) in [7, 11) is 0. The highest BCUT2D eigenvalue weighted by Gasteiger charge is 2.35. The first-order chi connectivity index (χ1) is 14.8. The standard InChI is InChI=1S/C21H22N4O6/c1-12(27)13-4-6-14(7-5-13)20(29)23-8-2-3-15-10-25(21(30)24-19(15)22)18-9-16(28)17(11-26)31-18/h4-7,10,16-18,26,28H,8-9,11H2,1H3,(H,23,29)(H2,22,24,30)/t16-,17+,18+/m0/s1. The van der Waals surface area contributed by atoms with Gasteiger partial charge in [0.2, 0.25) is 0 Å². The minimum Gasteiger partial charge on any atom is -0.394 e. The summed E-state index contributed by atoms with van der Waals surface area (Å²) in [6, 6.07) is 6.24. The number of aliphatic hydroxyl groups is 2. The second kappa shape index (κ2) is 9.53. The largest absolute Gasteiger partial charge is 0.394 e. The summed E-state index contributed by atoms with van der Waals surface area (Å²) in [6.07, 6.45) is -1.01. The van der Waals surface area contributed by atoms with E-state index in [-0.39, 0.29) is 42.6 Å². The quantitative estimate of drug-likeness (QED) is 0.366. The highest BCUT2D eigenvalue weighted by Crippen LogP contribution is 2.27. The summed E-state index contributed by atoms with van der Waals surface area (Å²) in [5.41, 5.74) is 6.26. The van der Waals surface area contributed by atoms with Crippen molar-refractivity contribution in [3.05, 3.63) is 57.6 Å². The first-order valence-corrected chi connectivity index (χ1v) is 9.51. The third-order valence-corrected chi connectivity index (χ3v) is 4.79. The van der Waals surface area contributed by atoms with Crippen LogP contribution in [0.5, 0.6) is 0 Å². The zero-order chi connectivity index (χ0) is 22.5. The average molecular weight is 426 g/mol. The Labute approximate surface area is 177 Å². The number of nitrogens with two attached hydrogens (primary N) is 1. The van der Waals surface area contributed by atoms with Gasteiger partial charge in [0.25, 0.3) is 5.91 Å². The van der Waals surface area contributed by atoms with Gasteiger partial charge < -0.3 is 26.0 Å². The summed E-state index contributed by atoms with van der Waals surface area (Å²) in [4.78, 5) is 39.3. The van der Waals surface area contributed by atoms with Crippen molar-refractivity contribution in [3.8, 4) is 11.8 Å². The van der Waals surface area contributed by atoms with Gasteiger partial charge in [-0.15, -0.1) is 0 Å². The van der Waals surface area contributed by atoms with E-state index in [0.29, 0.717) is 11.1 Å². The number of carbonyl (C=O) groups is 2. The van der Waals surface area contributed by atoms with Crippen molar-refractivity contribution in [1.29, 1.82) is 0 Å². The Morgan fingerprint density at radius 1 is 1.32 bits per heavy atom. The second-order valence-electron chi connectivity index (χ2n) is 6.96. The van der Waals surface area contributed by atoms with Crippen molar-refractivity contribution in [3.63, 3.8) is 0 Å². The van der Waals surface area contributed by atoms with Crippen LogP contribution in [0, 0.1) is 11.8 Å². The molecule has 1 aliphatic rings. The fourth-order valence-corrected chi connectivity index (χ4v) is 3.06. The number of hydrogen-bond acceptors (Lipinski definition) is 8. The Bertz CT molecular complexity index is 1100. The lowest BCUT2D eigenvalue weighted by molar-refractivity contribution is -0.0458. The number of Topliss-reactive ketones (excluding diaryl/α,β-unsaturated/α-hetero) is 1. The monoisotopic (exact) mass is 426 g/mol. The summed E-state index contributed by atoms with van der Waals surface area (Å²) >= 11 is 0. The molecule has 0 radical (unpaired) electrons. The van der Waals surface area contributed by atoms with E-state index in [9.17, 15) is 24.6 Å². The van der Waals surface area contributed by atoms with Gasteiger partial charge in [0, 0.05) is 23.7 Å². The van der Waals surface area contributed by atoms with Gasteiger partial charge in [-0.25, -0.2) is 4.79 Å². The van der Waals surface area contributed by atoms with Crippen LogP contribution in [0.25, 0.3) is 0 Å². The smallest absolute Gasteiger partial charge is 0.351 e. The van der Waals surface area contributed by atoms with Crippen LogP contribution in [-0.4, -0.2) is 56.8 Å². The van der Waals surface area contributed by atoms with E-state index >= 15 is 0 Å². The summed E-state index contributed by atoms with van der Waals surface area (Å²) in [5.74, 6) is 4.97. The van der Waals surface area contributed by atoms with Gasteiger partial charge in [-0.2, -0.15) is 4.98 Å². The van der Waals surface area contributed by atoms with Crippen LogP contribution in [0.4, 0.5) is 5.82 Å². The summed E-state index contributed by atoms with van der Waals surface area (Å²) in [5, 5.41) is 21.7. The lowest BCUT2D eigenvalue weighted by atomic mass is 10.1. The molecular formula is C21H22N4O6. The van der Waals surface area contributed by atoms with Crippen molar-refractivity contribution >= 4 is 17.5 Å². The van der Waals surface area contributed by atoms with E-state index in [0.717, 1.165) is 4.57 Å². The lowest BCUT2D eigenvalue weighted by Gasteiger charge is -2.15. The first kappa shape index (κ1) is 22.2. The molecule has 0 aliphatic carbocycles. The number of nitrogens with one attached hydrogen (secondary N) is 1. The van der Waals surface area contributed by atoms with Gasteiger partial charge in [-0.1, -0.05) is 24.0 Å². The molecule has 2 aromatic rings. The lowest BCUT2D eigenvalue weighted by Crippen LogP contribution is -2.29. The fourth-order valence-electron chi connectivity index (χ4n) is 3.06. The fraction of sp³-hybridized carbons (Fsp3) is 0.333. The molecule has 1 aromatic heterocycles. The van der Waals surface area contributed by atoms with Crippen LogP contribution < -0.4 is 16.7 Å². The molecule has 3 rings (SSSR count). The third kappa shape index (κ3) is 5.16. The molecule has 2 heterocycles. The van der Waals surface area contributed by atoms with Crippen molar-refractivity contribution in [2.24, 2.45) is 0 Å². The number of nitrogens with zero attached hydrogens (tertiary/aromatic N) is 2. The van der Waals surface area contributed by atoms with E-state index < -0.39 is 24.1 Å². The zero-order valence-electron chi connectivity index (χ0n) is 16.7. The van der Waals surface area contributed by atoms with E-state index in [1.165, 1.54) is 13.1 Å². The van der Waals surface area contributed by atoms with E-state index in [2.05, 4.69) is 22.1 Å². The van der Waals surface area contributed by atoms with Gasteiger partial charge in [0.05, 0.1) is 24.8 Å². The van der Waals surface area contributed by atoms with Crippen LogP contribution in [0.3, 0.4) is 0 Å². The van der Waals surface area contributed by atoms with E-state index in [1.807, 2.05) is 0 Å². The molecular weight excluding hydrogens is 404 g/mol. The number of aliphatic hydroxyl groups excluding tert-OH is 2. The average Bonchev–Trinajstić information content (AvgIpc) is 3.12. The number of ketones is 1. The van der Waals surface area contributed by atoms with Crippen molar-refractivity contribution in [2.75, 3.05) is 18.9 Å². The number of hydrogen-bond donors (Lipinski definition) is 4. The first-order valence-electron chi connectivity index (χ1n) is 9.51. The molecule has 0 spiro atoms. The van der Waals surface area contributed by atoms with Gasteiger partial charge in [0.15, 0.2) is 5.78 Å². The van der Waals surface area contributed by atoms with E-state index in [1.54, 1.807) is 24.3 Å². The molecule has 1 fully saturated rings. The van der Waals surface area contributed by atoms with Gasteiger partial charge in [-0.05, 0) is 19.1 Å². The molecule has 1 aliphatic heterocycles. The normalized spacial score (nSPS) is 20.0. The predicted molar refractivity (Wildman–Crippen MR) is 110 cm³/mol. The third-order valence-electron chi connectivity index (χ3n) is 4.79. The number of nitrogen functional groups attached to an aromatic ring is 1. The topological polar surface area (TPSA) is 157 Å². The summed E-state index contributed by atoms with van der Waals surface area (Å²) in [6.45, 7) is 1.08. The molecule has 0 saturated carbocycles. The van der Waals surface area contributed by atoms with Crippen LogP contribution in [0.15, 0.2) is 35.3 Å². The molecule has 0 bridgehead atoms. The molecule has 162 valence electrons. The summed E-state index contributed by atoms with van der Waals surface area (Å²) < 4.78 is 6.63. The van der Waals surface area contributed by atoms with Crippen molar-refractivity contribution < 1.29 is 24.5 Å². The molecule has 1 saturated heterocycles. The van der Waals surface area contributed by atoms with E-state index in [4.69, 9.17) is 10.5 Å². The molecule has 3 atom stereocenters. The Hall–Kier alpha value is -3.52. The molecule has 10 nitrogen and oxygen atoms in total. The molecule has 31 heavy (non-hydrogen) atoms. The Kier molecular flexibility index (Phi) is 6.81. The Balaban J connectivity index is 1.67. The number of anilines is 1. The maximum atomic E-state index is 12.2. The molecule has 10 heteroatoms. The predicted octanol–water partition coefficient (Wildman–Crippen LogP) is -0.550. The zero-order valence-corrected chi connectivity index (χ0v) is 16.7. The van der Waals surface area contributed by atoms with Crippen molar-refractivity contribution in [1.82, 2.24) is 14.9 Å². The number of amides is 1. The highest BCUT2D eigenvalue weighted by molar-refractivity contribution is 5.97. The second-order valence-corrected chi connectivity index (χ2v) is 6.96. The van der Waals surface area contributed by atoms with Gasteiger partial charge >= 0.3 is 5.69 Å².